The van der Waals surface area contributed by atoms with Gasteiger partial charge in [0.05, 0.1) is 11.1 Å². The maximum Gasteiger partial charge on any atom is 0.336 e. The lowest BCUT2D eigenvalue weighted by atomic mass is 9.87. The van der Waals surface area contributed by atoms with Gasteiger partial charge in [-0.25, -0.2) is 9.59 Å². The molecule has 0 bridgehead atoms. The van der Waals surface area contributed by atoms with Crippen LogP contribution in [0.25, 0.3) is 0 Å². The van der Waals surface area contributed by atoms with Crippen LogP contribution >= 0.6 is 0 Å². The quantitative estimate of drug-likeness (QED) is 0.808. The van der Waals surface area contributed by atoms with Gasteiger partial charge in [-0.1, -0.05) is 30.4 Å². The average Bonchev–Trinajstić information content (AvgIpc) is 3.05. The number of allylic oxidation sites excluding steroid dienone is 4. The molecule has 0 unspecified atom stereocenters. The molecule has 100 valence electrons. The van der Waals surface area contributed by atoms with Crippen molar-refractivity contribution in [1.29, 1.82) is 0 Å². The predicted octanol–water partition coefficient (Wildman–Crippen LogP) is 2.64. The fourth-order valence-corrected chi connectivity index (χ4v) is 4.07. The molecule has 0 aromatic heterocycles. The second-order valence-corrected chi connectivity index (χ2v) is 5.58. The summed E-state index contributed by atoms with van der Waals surface area (Å²) in [5, 5.41) is 18.7. The molecule has 0 saturated carbocycles. The molecular weight excluding hydrogens is 256 g/mol. The van der Waals surface area contributed by atoms with E-state index in [-0.39, 0.29) is 23.0 Å². The van der Waals surface area contributed by atoms with E-state index in [1.165, 1.54) is 6.07 Å². The zero-order chi connectivity index (χ0) is 14.0. The van der Waals surface area contributed by atoms with Crippen LogP contribution in [0.3, 0.4) is 0 Å². The molecule has 2 N–H and O–H groups in total. The number of carboxylic acids is 2. The molecule has 4 atom stereocenters. The van der Waals surface area contributed by atoms with Crippen LogP contribution in [-0.2, 0) is 0 Å². The molecule has 1 aromatic carbocycles. The molecule has 4 heteroatoms. The van der Waals surface area contributed by atoms with Crippen molar-refractivity contribution in [2.45, 2.75) is 11.8 Å². The lowest BCUT2D eigenvalue weighted by Gasteiger charge is -2.15. The van der Waals surface area contributed by atoms with Crippen LogP contribution < -0.4 is 0 Å². The summed E-state index contributed by atoms with van der Waals surface area (Å²) in [5.74, 6) is -1.40. The molecule has 0 saturated heterocycles. The number of fused-ring (bicyclic) bond motifs is 3. The van der Waals surface area contributed by atoms with E-state index in [2.05, 4.69) is 18.2 Å². The van der Waals surface area contributed by atoms with Gasteiger partial charge in [-0.05, 0) is 29.0 Å². The van der Waals surface area contributed by atoms with Gasteiger partial charge in [0.1, 0.15) is 0 Å². The summed E-state index contributed by atoms with van der Waals surface area (Å²) < 4.78 is 0. The summed E-state index contributed by atoms with van der Waals surface area (Å²) in [7, 11) is 0. The summed E-state index contributed by atoms with van der Waals surface area (Å²) in [4.78, 5) is 22.9. The zero-order valence-corrected chi connectivity index (χ0v) is 10.5. The van der Waals surface area contributed by atoms with Crippen LogP contribution in [0.4, 0.5) is 0 Å². The summed E-state index contributed by atoms with van der Waals surface area (Å²) in [6.07, 6.45) is 8.44. The highest BCUT2D eigenvalue weighted by molar-refractivity contribution is 6.03. The molecule has 0 amide bonds. The number of hydrogen-bond acceptors (Lipinski definition) is 2. The smallest absolute Gasteiger partial charge is 0.336 e. The fourth-order valence-electron chi connectivity index (χ4n) is 4.07. The number of rotatable bonds is 2. The van der Waals surface area contributed by atoms with E-state index in [4.69, 9.17) is 0 Å². The average molecular weight is 268 g/mol. The Morgan fingerprint density at radius 2 is 1.60 bits per heavy atom. The van der Waals surface area contributed by atoms with Gasteiger partial charge < -0.3 is 10.2 Å². The lowest BCUT2D eigenvalue weighted by molar-refractivity contribution is 0.0650. The van der Waals surface area contributed by atoms with Gasteiger partial charge in [0.2, 0.25) is 0 Å². The van der Waals surface area contributed by atoms with Crippen LogP contribution in [0, 0.1) is 11.8 Å². The minimum Gasteiger partial charge on any atom is -0.478 e. The Balaban J connectivity index is 2.03. The molecule has 1 aromatic rings. The Bertz CT molecular complexity index is 713. The number of hydrogen-bond donors (Lipinski definition) is 2. The minimum absolute atomic E-state index is 0.0281. The molecule has 3 aliphatic rings. The van der Waals surface area contributed by atoms with Crippen LogP contribution in [0.1, 0.15) is 43.7 Å². The number of carbonyl (C=O) groups is 2. The third kappa shape index (κ3) is 1.21. The zero-order valence-electron chi connectivity index (χ0n) is 10.5. The second-order valence-electron chi connectivity index (χ2n) is 5.58. The molecule has 3 aliphatic carbocycles. The van der Waals surface area contributed by atoms with E-state index < -0.39 is 11.9 Å². The first-order chi connectivity index (χ1) is 9.59. The standard InChI is InChI=1S/C16H12O4/c17-15(18)11-6-5-9-8-3-1-7-2-4-10(12(7)8)13(9)14(11)16(19)20/h1-8,10,12H,(H,17,18)(H,19,20)/t7-,8-,10-,12-/m0/s1. The van der Waals surface area contributed by atoms with Crippen molar-refractivity contribution in [3.8, 4) is 0 Å². The second kappa shape index (κ2) is 3.60. The molecule has 0 heterocycles. The molecular formula is C16H12O4. The predicted molar refractivity (Wildman–Crippen MR) is 71.1 cm³/mol. The van der Waals surface area contributed by atoms with Gasteiger partial charge in [0.25, 0.3) is 0 Å². The topological polar surface area (TPSA) is 74.6 Å². The summed E-state index contributed by atoms with van der Waals surface area (Å²) in [6.45, 7) is 0. The molecule has 0 radical (unpaired) electrons. The van der Waals surface area contributed by atoms with E-state index >= 15 is 0 Å². The summed E-state index contributed by atoms with van der Waals surface area (Å²) in [5.41, 5.74) is 1.53. The highest BCUT2D eigenvalue weighted by atomic mass is 16.4. The minimum atomic E-state index is -1.18. The van der Waals surface area contributed by atoms with E-state index in [9.17, 15) is 19.8 Å². The van der Waals surface area contributed by atoms with E-state index in [0.29, 0.717) is 17.4 Å². The number of carboxylic acid groups (broad SMARTS) is 2. The highest BCUT2D eigenvalue weighted by Gasteiger charge is 2.49. The van der Waals surface area contributed by atoms with Crippen molar-refractivity contribution in [1.82, 2.24) is 0 Å². The monoisotopic (exact) mass is 268 g/mol. The molecule has 0 spiro atoms. The van der Waals surface area contributed by atoms with Gasteiger partial charge >= 0.3 is 11.9 Å². The van der Waals surface area contributed by atoms with E-state index in [1.807, 2.05) is 6.08 Å². The Morgan fingerprint density at radius 3 is 2.25 bits per heavy atom. The summed E-state index contributed by atoms with van der Waals surface area (Å²) >= 11 is 0. The summed E-state index contributed by atoms with van der Waals surface area (Å²) in [6, 6.07) is 3.21. The van der Waals surface area contributed by atoms with Crippen molar-refractivity contribution in [2.75, 3.05) is 0 Å². The first kappa shape index (κ1) is 11.5. The third-order valence-corrected chi connectivity index (χ3v) is 4.77. The Labute approximate surface area is 115 Å². The van der Waals surface area contributed by atoms with Crippen LogP contribution in [-0.4, -0.2) is 22.2 Å². The SMILES string of the molecule is O=C(O)c1ccc2c(c1C(=O)O)[C@H]1C=C[C@@H]3C=C[C@@H]2[C@H]31. The van der Waals surface area contributed by atoms with E-state index in [0.717, 1.165) is 5.56 Å². The Hall–Kier alpha value is -2.36. The molecule has 4 nitrogen and oxygen atoms in total. The normalized spacial score (nSPS) is 31.4. The van der Waals surface area contributed by atoms with Crippen molar-refractivity contribution < 1.29 is 19.8 Å². The van der Waals surface area contributed by atoms with Gasteiger partial charge in [-0.2, -0.15) is 0 Å². The van der Waals surface area contributed by atoms with Crippen molar-refractivity contribution >= 4 is 11.9 Å². The largest absolute Gasteiger partial charge is 0.478 e. The van der Waals surface area contributed by atoms with Crippen LogP contribution in [0.5, 0.6) is 0 Å². The van der Waals surface area contributed by atoms with E-state index in [1.54, 1.807) is 6.07 Å². The maximum atomic E-state index is 11.6. The van der Waals surface area contributed by atoms with Gasteiger partial charge in [-0.15, -0.1) is 0 Å². The molecule has 20 heavy (non-hydrogen) atoms. The molecule has 0 aliphatic heterocycles. The van der Waals surface area contributed by atoms with Crippen molar-refractivity contribution in [3.05, 3.63) is 58.7 Å². The highest BCUT2D eigenvalue weighted by Crippen LogP contribution is 2.59. The first-order valence-electron chi connectivity index (χ1n) is 6.59. The number of aromatic carboxylic acids is 2. The van der Waals surface area contributed by atoms with Crippen LogP contribution in [0.2, 0.25) is 0 Å². The molecule has 0 fully saturated rings. The first-order valence-corrected chi connectivity index (χ1v) is 6.59. The van der Waals surface area contributed by atoms with Gasteiger partial charge in [-0.3, -0.25) is 0 Å². The lowest BCUT2D eigenvalue weighted by Crippen LogP contribution is -2.13. The fraction of sp³-hybridized carbons (Fsp3) is 0.250. The third-order valence-electron chi connectivity index (χ3n) is 4.77. The van der Waals surface area contributed by atoms with Gasteiger partial charge in [0, 0.05) is 11.8 Å². The molecule has 4 rings (SSSR count). The van der Waals surface area contributed by atoms with Crippen LogP contribution in [0.15, 0.2) is 36.4 Å². The van der Waals surface area contributed by atoms with Crippen molar-refractivity contribution in [2.24, 2.45) is 11.8 Å². The Morgan fingerprint density at radius 1 is 0.900 bits per heavy atom. The number of benzene rings is 1. The van der Waals surface area contributed by atoms with Crippen molar-refractivity contribution in [3.63, 3.8) is 0 Å². The maximum absolute atomic E-state index is 11.6. The van der Waals surface area contributed by atoms with Gasteiger partial charge in [0.15, 0.2) is 0 Å². The Kier molecular flexibility index (Phi) is 2.06.